The van der Waals surface area contributed by atoms with Gasteiger partial charge in [0.1, 0.15) is 29.3 Å². The van der Waals surface area contributed by atoms with E-state index in [4.69, 9.17) is 4.74 Å². The Hall–Kier alpha value is -1.27. The molecule has 122 valence electrons. The number of phenolic OH excluding ortho intramolecular Hbond substituents is 2. The molecule has 2 aromatic rings. The molecule has 0 bridgehead atoms. The standard InChI is InChI=1S/C20H14O4.2Na.2H/c21-11-12-5-7-15-18(9-12)24-19-10-13(22)6-8-16(19)20(15)14-3-1-2-4-17(14)23;;;;/h1-12,22-23H;;;;. The number of aldehydes is 1. The van der Waals surface area contributed by atoms with E-state index in [2.05, 4.69) is 0 Å². The summed E-state index contributed by atoms with van der Waals surface area (Å²) in [5.74, 6) is 0.932. The van der Waals surface area contributed by atoms with Gasteiger partial charge in [-0.2, -0.15) is 0 Å². The third-order valence-electron chi connectivity index (χ3n) is 4.15. The van der Waals surface area contributed by atoms with Crippen molar-refractivity contribution in [1.82, 2.24) is 0 Å². The Morgan fingerprint density at radius 2 is 1.77 bits per heavy atom. The van der Waals surface area contributed by atoms with Gasteiger partial charge in [0.2, 0.25) is 0 Å². The molecule has 0 saturated carbocycles. The van der Waals surface area contributed by atoms with Crippen LogP contribution in [0.25, 0.3) is 5.57 Å². The van der Waals surface area contributed by atoms with Gasteiger partial charge in [0.05, 0.1) is 5.92 Å². The van der Waals surface area contributed by atoms with Crippen molar-refractivity contribution >= 4 is 71.0 Å². The van der Waals surface area contributed by atoms with Crippen LogP contribution < -0.4 is 4.74 Å². The summed E-state index contributed by atoms with van der Waals surface area (Å²) in [5, 5.41) is 20.1. The maximum atomic E-state index is 11.1. The number of aromatic hydroxyl groups is 2. The SMILES string of the molecule is O=CC1C=CC2=C(c3ccccc3O)c3ccc(O)cc3OC2=C1.[NaH].[NaH]. The molecule has 0 saturated heterocycles. The van der Waals surface area contributed by atoms with Gasteiger partial charge >= 0.3 is 59.1 Å². The van der Waals surface area contributed by atoms with E-state index < -0.39 is 0 Å². The summed E-state index contributed by atoms with van der Waals surface area (Å²) in [7, 11) is 0. The zero-order valence-electron chi connectivity index (χ0n) is 12.6. The zero-order valence-corrected chi connectivity index (χ0v) is 12.6. The summed E-state index contributed by atoms with van der Waals surface area (Å²) in [5.41, 5.74) is 3.05. The molecular formula is C20H16Na2O4. The minimum atomic E-state index is -0.353. The summed E-state index contributed by atoms with van der Waals surface area (Å²) in [6.45, 7) is 0. The first kappa shape index (κ1) is 21.0. The van der Waals surface area contributed by atoms with E-state index in [1.54, 1.807) is 36.4 Å². The van der Waals surface area contributed by atoms with Crippen LogP contribution in [-0.4, -0.2) is 75.6 Å². The normalized spacial score (nSPS) is 16.9. The predicted octanol–water partition coefficient (Wildman–Crippen LogP) is 2.26. The van der Waals surface area contributed by atoms with Gasteiger partial charge in [0.25, 0.3) is 0 Å². The summed E-state index contributed by atoms with van der Waals surface area (Å²) >= 11 is 0. The average molecular weight is 366 g/mol. The molecule has 2 aliphatic rings. The number of ether oxygens (including phenoxy) is 1. The van der Waals surface area contributed by atoms with E-state index in [1.165, 1.54) is 6.07 Å². The monoisotopic (exact) mass is 366 g/mol. The van der Waals surface area contributed by atoms with Crippen molar-refractivity contribution in [2.24, 2.45) is 5.92 Å². The summed E-state index contributed by atoms with van der Waals surface area (Å²) in [6.07, 6.45) is 6.20. The first-order valence-corrected chi connectivity index (χ1v) is 7.57. The van der Waals surface area contributed by atoms with Crippen LogP contribution in [0.3, 0.4) is 0 Å². The van der Waals surface area contributed by atoms with Crippen LogP contribution in [0.5, 0.6) is 17.2 Å². The number of benzene rings is 2. The molecule has 0 aromatic heterocycles. The number of fused-ring (bicyclic) bond motifs is 2. The van der Waals surface area contributed by atoms with Gasteiger partial charge in [-0.25, -0.2) is 0 Å². The van der Waals surface area contributed by atoms with Crippen LogP contribution in [0.1, 0.15) is 11.1 Å². The summed E-state index contributed by atoms with van der Waals surface area (Å²) < 4.78 is 5.89. The number of phenols is 2. The third kappa shape index (κ3) is 3.72. The third-order valence-corrected chi connectivity index (χ3v) is 4.15. The van der Waals surface area contributed by atoms with Crippen LogP contribution in [0, 0.1) is 5.92 Å². The van der Waals surface area contributed by atoms with Crippen molar-refractivity contribution in [3.8, 4) is 17.2 Å². The molecule has 1 atom stereocenters. The molecule has 0 spiro atoms. The molecule has 1 aliphatic heterocycles. The van der Waals surface area contributed by atoms with E-state index in [9.17, 15) is 15.0 Å². The number of allylic oxidation sites excluding steroid dienone is 3. The second-order valence-electron chi connectivity index (χ2n) is 5.69. The molecule has 2 N–H and O–H groups in total. The van der Waals surface area contributed by atoms with Crippen LogP contribution in [0.4, 0.5) is 0 Å². The van der Waals surface area contributed by atoms with Gasteiger partial charge in [0.15, 0.2) is 0 Å². The second kappa shape index (κ2) is 8.61. The number of hydrogen-bond acceptors (Lipinski definition) is 4. The second-order valence-corrected chi connectivity index (χ2v) is 5.69. The molecular weight excluding hydrogens is 350 g/mol. The van der Waals surface area contributed by atoms with Crippen LogP contribution in [0.2, 0.25) is 0 Å². The van der Waals surface area contributed by atoms with Crippen LogP contribution >= 0.6 is 0 Å². The molecule has 1 unspecified atom stereocenters. The molecule has 0 radical (unpaired) electrons. The number of hydrogen-bond donors (Lipinski definition) is 2. The van der Waals surface area contributed by atoms with Gasteiger partial charge in [-0.3, -0.25) is 0 Å². The fourth-order valence-corrected chi connectivity index (χ4v) is 3.03. The fourth-order valence-electron chi connectivity index (χ4n) is 3.03. The molecule has 26 heavy (non-hydrogen) atoms. The van der Waals surface area contributed by atoms with E-state index in [-0.39, 0.29) is 76.5 Å². The van der Waals surface area contributed by atoms with Gasteiger partial charge in [-0.15, -0.1) is 0 Å². The first-order valence-electron chi connectivity index (χ1n) is 7.57. The van der Waals surface area contributed by atoms with Crippen molar-refractivity contribution in [1.29, 1.82) is 0 Å². The van der Waals surface area contributed by atoms with E-state index in [0.29, 0.717) is 17.1 Å². The average Bonchev–Trinajstić information content (AvgIpc) is 2.59. The van der Waals surface area contributed by atoms with Crippen molar-refractivity contribution in [2.45, 2.75) is 0 Å². The number of carbonyl (C=O) groups is 1. The molecule has 0 amide bonds. The fraction of sp³-hybridized carbons (Fsp3) is 0.0500. The van der Waals surface area contributed by atoms with Gasteiger partial charge in [-0.05, 0) is 24.3 Å². The maximum absolute atomic E-state index is 11.1. The van der Waals surface area contributed by atoms with Gasteiger partial charge in [-0.1, -0.05) is 30.4 Å². The van der Waals surface area contributed by atoms with Crippen molar-refractivity contribution in [3.05, 3.63) is 83.2 Å². The Balaban J connectivity index is 0.00000121. The Kier molecular flexibility index (Phi) is 6.97. The summed E-state index contributed by atoms with van der Waals surface area (Å²) in [6, 6.07) is 11.9. The van der Waals surface area contributed by atoms with Gasteiger partial charge < -0.3 is 19.7 Å². The quantitative estimate of drug-likeness (QED) is 0.632. The molecule has 2 aromatic carbocycles. The topological polar surface area (TPSA) is 66.8 Å². The Morgan fingerprint density at radius 3 is 2.50 bits per heavy atom. The van der Waals surface area contributed by atoms with E-state index >= 15 is 0 Å². The number of rotatable bonds is 2. The summed E-state index contributed by atoms with van der Waals surface area (Å²) in [4.78, 5) is 11.1. The Labute approximate surface area is 195 Å². The molecule has 4 rings (SSSR count). The first-order chi connectivity index (χ1) is 11.7. The van der Waals surface area contributed by atoms with Crippen LogP contribution in [0.15, 0.2) is 72.0 Å². The van der Waals surface area contributed by atoms with Crippen LogP contribution in [-0.2, 0) is 4.79 Å². The number of para-hydroxylation sites is 1. The molecule has 4 nitrogen and oxygen atoms in total. The molecule has 1 aliphatic carbocycles. The van der Waals surface area contributed by atoms with Crippen molar-refractivity contribution in [3.63, 3.8) is 0 Å². The predicted molar refractivity (Wildman–Crippen MR) is 104 cm³/mol. The van der Waals surface area contributed by atoms with Crippen molar-refractivity contribution < 1.29 is 19.7 Å². The van der Waals surface area contributed by atoms with Gasteiger partial charge in [0, 0.05) is 28.3 Å². The minimum absolute atomic E-state index is 0. The van der Waals surface area contributed by atoms with Crippen molar-refractivity contribution in [2.75, 3.05) is 0 Å². The Bertz CT molecular complexity index is 945. The van der Waals surface area contributed by atoms with E-state index in [0.717, 1.165) is 23.0 Å². The molecule has 1 heterocycles. The number of carbonyl (C=O) groups excluding carboxylic acids is 1. The van der Waals surface area contributed by atoms with E-state index in [1.807, 2.05) is 18.2 Å². The Morgan fingerprint density at radius 1 is 1.00 bits per heavy atom. The molecule has 0 fully saturated rings. The zero-order chi connectivity index (χ0) is 16.7. The molecule has 6 heteroatoms.